The molecule has 0 bridgehead atoms. The fourth-order valence-electron chi connectivity index (χ4n) is 3.27. The Morgan fingerprint density at radius 3 is 2.26 bits per heavy atom. The van der Waals surface area contributed by atoms with Crippen molar-refractivity contribution in [3.8, 4) is 11.6 Å². The highest BCUT2D eigenvalue weighted by atomic mass is 32.2. The van der Waals surface area contributed by atoms with Crippen molar-refractivity contribution < 1.29 is 13.5 Å². The largest absolute Gasteiger partial charge is 0.493 e. The smallest absolute Gasteiger partial charge is 0.335 e. The van der Waals surface area contributed by atoms with Crippen LogP contribution < -0.4 is 16.0 Å². The van der Waals surface area contributed by atoms with E-state index in [4.69, 9.17) is 0 Å². The van der Waals surface area contributed by atoms with Crippen molar-refractivity contribution in [3.05, 3.63) is 98.5 Å². The maximum Gasteiger partial charge on any atom is 0.335 e. The summed E-state index contributed by atoms with van der Waals surface area (Å²) in [5.41, 5.74) is 0.0526. The monoisotopic (exact) mass is 492 g/mol. The van der Waals surface area contributed by atoms with E-state index in [0.29, 0.717) is 22.8 Å². The second kappa shape index (κ2) is 9.35. The van der Waals surface area contributed by atoms with E-state index < -0.39 is 27.2 Å². The molecule has 12 heteroatoms. The number of aromatic amines is 1. The maximum absolute atomic E-state index is 12.7. The van der Waals surface area contributed by atoms with Gasteiger partial charge in [-0.2, -0.15) is 0 Å². The Kier molecular flexibility index (Phi) is 6.30. The Labute approximate surface area is 199 Å². The minimum absolute atomic E-state index is 0.0344. The van der Waals surface area contributed by atoms with Crippen molar-refractivity contribution in [1.29, 1.82) is 0 Å². The van der Waals surface area contributed by atoms with Crippen LogP contribution in [0.5, 0.6) is 5.88 Å². The molecule has 0 spiro atoms. The fraction of sp³-hybridized carbons (Fsp3) is 0.0870. The van der Waals surface area contributed by atoms with Gasteiger partial charge in [-0.1, -0.05) is 18.2 Å². The topological polar surface area (TPSA) is 159 Å². The molecule has 35 heavy (non-hydrogen) atoms. The number of aromatic hydroxyl groups is 1. The Morgan fingerprint density at radius 1 is 1.00 bits per heavy atom. The van der Waals surface area contributed by atoms with Crippen LogP contribution in [0.3, 0.4) is 0 Å². The number of nitrogens with zero attached hydrogens (tertiary/aromatic N) is 4. The van der Waals surface area contributed by atoms with Crippen LogP contribution in [0.4, 0.5) is 11.6 Å². The molecular formula is C23H20N6O5S. The SMILES string of the molecule is Cc1cc(C)nc(NS(=O)(=O)c2ccc(N=Cc3c(O)n(-c4ccccc4)c(=O)[nH]c3=O)cc2)n1. The number of aliphatic imine (C=N–C) groups is 1. The summed E-state index contributed by atoms with van der Waals surface area (Å²) in [5, 5.41) is 10.6. The minimum atomic E-state index is -3.95. The van der Waals surface area contributed by atoms with Crippen molar-refractivity contribution >= 4 is 27.9 Å². The molecule has 4 rings (SSSR count). The Hall–Kier alpha value is -4.58. The lowest BCUT2D eigenvalue weighted by molar-refractivity contribution is 0.430. The van der Waals surface area contributed by atoms with Gasteiger partial charge in [-0.25, -0.2) is 32.5 Å². The third-order valence-corrected chi connectivity index (χ3v) is 6.18. The van der Waals surface area contributed by atoms with Gasteiger partial charge < -0.3 is 5.11 Å². The molecule has 2 heterocycles. The fourth-order valence-corrected chi connectivity index (χ4v) is 4.22. The van der Waals surface area contributed by atoms with Gasteiger partial charge in [0.2, 0.25) is 11.8 Å². The Balaban J connectivity index is 1.61. The number of hydrogen-bond donors (Lipinski definition) is 3. The van der Waals surface area contributed by atoms with E-state index in [9.17, 15) is 23.1 Å². The van der Waals surface area contributed by atoms with Crippen LogP contribution in [0.2, 0.25) is 0 Å². The van der Waals surface area contributed by atoms with Crippen LogP contribution in [0.15, 0.2) is 80.1 Å². The zero-order chi connectivity index (χ0) is 25.2. The van der Waals surface area contributed by atoms with Gasteiger partial charge in [0.1, 0.15) is 5.56 Å². The van der Waals surface area contributed by atoms with Gasteiger partial charge in [-0.05, 0) is 56.3 Å². The zero-order valence-electron chi connectivity index (χ0n) is 18.6. The third kappa shape index (κ3) is 5.17. The van der Waals surface area contributed by atoms with E-state index in [1.807, 2.05) is 0 Å². The average molecular weight is 493 g/mol. The molecule has 0 radical (unpaired) electrons. The van der Waals surface area contributed by atoms with Crippen LogP contribution in [0.25, 0.3) is 5.69 Å². The molecule has 0 aliphatic carbocycles. The molecule has 0 atom stereocenters. The van der Waals surface area contributed by atoms with Crippen molar-refractivity contribution in [1.82, 2.24) is 19.5 Å². The van der Waals surface area contributed by atoms with Crippen molar-refractivity contribution in [2.24, 2.45) is 4.99 Å². The maximum atomic E-state index is 12.7. The quantitative estimate of drug-likeness (QED) is 0.348. The predicted molar refractivity (Wildman–Crippen MR) is 130 cm³/mol. The molecule has 0 amide bonds. The van der Waals surface area contributed by atoms with Crippen molar-refractivity contribution in [3.63, 3.8) is 0 Å². The molecule has 4 aromatic rings. The number of rotatable bonds is 6. The molecule has 178 valence electrons. The van der Waals surface area contributed by atoms with Gasteiger partial charge in [-0.15, -0.1) is 0 Å². The standard InChI is InChI=1S/C23H20N6O5S/c1-14-12-15(2)26-22(25-14)28-35(33,34)18-10-8-16(9-11-18)24-13-19-20(30)27-23(32)29(21(19)31)17-6-4-3-5-7-17/h3-13,31H,1-2H3,(H,25,26,28)(H,27,30,32). The van der Waals surface area contributed by atoms with Crippen LogP contribution in [-0.4, -0.2) is 39.3 Å². The zero-order valence-corrected chi connectivity index (χ0v) is 19.4. The highest BCUT2D eigenvalue weighted by Gasteiger charge is 2.17. The minimum Gasteiger partial charge on any atom is -0.493 e. The van der Waals surface area contributed by atoms with Gasteiger partial charge in [-0.3, -0.25) is 14.8 Å². The number of aryl methyl sites for hydroxylation is 2. The number of sulfonamides is 1. The summed E-state index contributed by atoms with van der Waals surface area (Å²) in [7, 11) is -3.95. The molecule has 0 aliphatic heterocycles. The Bertz CT molecular complexity index is 1620. The second-order valence-corrected chi connectivity index (χ2v) is 9.18. The molecule has 3 N–H and O–H groups in total. The Morgan fingerprint density at radius 2 is 1.63 bits per heavy atom. The average Bonchev–Trinajstić information content (AvgIpc) is 2.79. The van der Waals surface area contributed by atoms with E-state index in [2.05, 4.69) is 24.7 Å². The molecule has 2 aromatic carbocycles. The van der Waals surface area contributed by atoms with Gasteiger partial charge in [0.15, 0.2) is 0 Å². The lowest BCUT2D eigenvalue weighted by Gasteiger charge is -2.09. The van der Waals surface area contributed by atoms with E-state index in [1.54, 1.807) is 50.2 Å². The van der Waals surface area contributed by atoms with Crippen LogP contribution in [0, 0.1) is 13.8 Å². The second-order valence-electron chi connectivity index (χ2n) is 7.50. The first kappa shape index (κ1) is 23.6. The predicted octanol–water partition coefficient (Wildman–Crippen LogP) is 2.19. The van der Waals surface area contributed by atoms with Crippen LogP contribution in [-0.2, 0) is 10.0 Å². The number of H-pyrrole nitrogens is 1. The molecule has 0 fully saturated rings. The first-order valence-corrected chi connectivity index (χ1v) is 11.8. The van der Waals surface area contributed by atoms with Gasteiger partial charge >= 0.3 is 5.69 Å². The normalized spacial score (nSPS) is 11.6. The number of aromatic nitrogens is 4. The summed E-state index contributed by atoms with van der Waals surface area (Å²) >= 11 is 0. The summed E-state index contributed by atoms with van der Waals surface area (Å²) in [5.74, 6) is -0.613. The first-order valence-electron chi connectivity index (χ1n) is 10.3. The van der Waals surface area contributed by atoms with E-state index in [1.165, 1.54) is 24.3 Å². The number of hydrogen-bond acceptors (Lipinski definition) is 8. The van der Waals surface area contributed by atoms with Crippen LogP contribution >= 0.6 is 0 Å². The lowest BCUT2D eigenvalue weighted by atomic mass is 10.3. The molecule has 0 aliphatic rings. The molecule has 0 saturated carbocycles. The first-order chi connectivity index (χ1) is 16.6. The summed E-state index contributed by atoms with van der Waals surface area (Å²) in [6.45, 7) is 3.46. The molecule has 11 nitrogen and oxygen atoms in total. The van der Waals surface area contributed by atoms with Gasteiger partial charge in [0.05, 0.1) is 16.3 Å². The van der Waals surface area contributed by atoms with E-state index in [-0.39, 0.29) is 16.4 Å². The summed E-state index contributed by atoms with van der Waals surface area (Å²) in [6, 6.07) is 15.5. The van der Waals surface area contributed by atoms with Crippen molar-refractivity contribution in [2.45, 2.75) is 18.7 Å². The van der Waals surface area contributed by atoms with E-state index >= 15 is 0 Å². The number of anilines is 1. The number of benzene rings is 2. The highest BCUT2D eigenvalue weighted by molar-refractivity contribution is 7.92. The number of nitrogens with one attached hydrogen (secondary N) is 2. The molecule has 0 saturated heterocycles. The molecular weight excluding hydrogens is 472 g/mol. The summed E-state index contributed by atoms with van der Waals surface area (Å²) in [6.07, 6.45) is 1.10. The molecule has 0 unspecified atom stereocenters. The molecule has 2 aromatic heterocycles. The van der Waals surface area contributed by atoms with Gasteiger partial charge in [0, 0.05) is 17.6 Å². The number of para-hydroxylation sites is 1. The third-order valence-electron chi connectivity index (χ3n) is 4.83. The summed E-state index contributed by atoms with van der Waals surface area (Å²) in [4.78, 5) is 38.8. The van der Waals surface area contributed by atoms with E-state index in [0.717, 1.165) is 10.8 Å². The van der Waals surface area contributed by atoms with Gasteiger partial charge in [0.25, 0.3) is 15.6 Å². The summed E-state index contributed by atoms with van der Waals surface area (Å²) < 4.78 is 28.6. The van der Waals surface area contributed by atoms with Crippen molar-refractivity contribution in [2.75, 3.05) is 4.72 Å². The highest BCUT2D eigenvalue weighted by Crippen LogP contribution is 2.20. The lowest BCUT2D eigenvalue weighted by Crippen LogP contribution is -2.31. The van der Waals surface area contributed by atoms with Crippen LogP contribution in [0.1, 0.15) is 17.0 Å².